The number of fused-ring (bicyclic) bond motifs is 1. The number of para-hydroxylation sites is 1. The summed E-state index contributed by atoms with van der Waals surface area (Å²) in [5, 5.41) is 0.920. The quantitative estimate of drug-likeness (QED) is 0.619. The Morgan fingerprint density at radius 1 is 1.25 bits per heavy atom. The van der Waals surface area contributed by atoms with Crippen LogP contribution in [0.15, 0.2) is 36.4 Å². The van der Waals surface area contributed by atoms with Crippen LogP contribution in [-0.2, 0) is 9.53 Å². The highest BCUT2D eigenvalue weighted by atomic mass is 16.6. The summed E-state index contributed by atoms with van der Waals surface area (Å²) in [7, 11) is 0. The van der Waals surface area contributed by atoms with E-state index in [9.17, 15) is 9.59 Å². The van der Waals surface area contributed by atoms with Gasteiger partial charge in [0.1, 0.15) is 11.9 Å². The number of allylic oxidation sites excluding steroid dienone is 1. The third-order valence-electron chi connectivity index (χ3n) is 2.66. The van der Waals surface area contributed by atoms with Gasteiger partial charge in [0.05, 0.1) is 11.2 Å². The zero-order valence-corrected chi connectivity index (χ0v) is 11.8. The van der Waals surface area contributed by atoms with Crippen LogP contribution in [0.1, 0.15) is 26.5 Å². The van der Waals surface area contributed by atoms with Crippen molar-refractivity contribution in [3.63, 3.8) is 0 Å². The summed E-state index contributed by atoms with van der Waals surface area (Å²) in [6.45, 7) is 5.45. The van der Waals surface area contributed by atoms with Gasteiger partial charge in [0.15, 0.2) is 0 Å². The van der Waals surface area contributed by atoms with Crippen LogP contribution in [-0.4, -0.2) is 22.5 Å². The van der Waals surface area contributed by atoms with Gasteiger partial charge in [-0.1, -0.05) is 18.2 Å². The molecular weight excluding hydrogens is 254 g/mol. The Hall–Kier alpha value is -2.36. The molecule has 0 radical (unpaired) electrons. The zero-order chi connectivity index (χ0) is 14.8. The van der Waals surface area contributed by atoms with E-state index in [4.69, 9.17) is 4.74 Å². The van der Waals surface area contributed by atoms with Crippen LogP contribution in [0.3, 0.4) is 0 Å². The van der Waals surface area contributed by atoms with Gasteiger partial charge in [-0.25, -0.2) is 9.36 Å². The number of aldehydes is 1. The zero-order valence-electron chi connectivity index (χ0n) is 11.8. The molecule has 0 fully saturated rings. The second kappa shape index (κ2) is 5.33. The molecule has 0 bridgehead atoms. The van der Waals surface area contributed by atoms with Crippen LogP contribution in [0, 0.1) is 0 Å². The van der Waals surface area contributed by atoms with Crippen LogP contribution in [0.5, 0.6) is 0 Å². The minimum Gasteiger partial charge on any atom is -0.443 e. The van der Waals surface area contributed by atoms with Crippen molar-refractivity contribution in [1.29, 1.82) is 0 Å². The van der Waals surface area contributed by atoms with Crippen molar-refractivity contribution in [3.05, 3.63) is 42.1 Å². The van der Waals surface area contributed by atoms with E-state index in [0.717, 1.165) is 10.9 Å². The van der Waals surface area contributed by atoms with E-state index in [1.54, 1.807) is 6.08 Å². The van der Waals surface area contributed by atoms with Crippen molar-refractivity contribution in [2.24, 2.45) is 0 Å². The molecule has 0 aliphatic heterocycles. The highest BCUT2D eigenvalue weighted by Gasteiger charge is 2.21. The van der Waals surface area contributed by atoms with Gasteiger partial charge in [-0.15, -0.1) is 0 Å². The fourth-order valence-corrected chi connectivity index (χ4v) is 1.95. The molecule has 0 saturated carbocycles. The second-order valence-electron chi connectivity index (χ2n) is 5.44. The predicted molar refractivity (Wildman–Crippen MR) is 78.7 cm³/mol. The molecule has 0 unspecified atom stereocenters. The summed E-state index contributed by atoms with van der Waals surface area (Å²) in [4.78, 5) is 22.8. The second-order valence-corrected chi connectivity index (χ2v) is 5.44. The molecule has 4 heteroatoms. The van der Waals surface area contributed by atoms with Crippen LogP contribution >= 0.6 is 0 Å². The van der Waals surface area contributed by atoms with E-state index in [2.05, 4.69) is 0 Å². The molecule has 4 nitrogen and oxygen atoms in total. The van der Waals surface area contributed by atoms with Crippen LogP contribution in [0.25, 0.3) is 17.0 Å². The summed E-state index contributed by atoms with van der Waals surface area (Å²) < 4.78 is 6.89. The number of hydrogen-bond acceptors (Lipinski definition) is 3. The van der Waals surface area contributed by atoms with Gasteiger partial charge >= 0.3 is 6.09 Å². The lowest BCUT2D eigenvalue weighted by molar-refractivity contribution is -0.104. The number of aromatic nitrogens is 1. The fourth-order valence-electron chi connectivity index (χ4n) is 1.95. The normalized spacial score (nSPS) is 11.9. The molecule has 2 aromatic rings. The summed E-state index contributed by atoms with van der Waals surface area (Å²) in [5.41, 5.74) is 0.800. The molecule has 0 spiro atoms. The van der Waals surface area contributed by atoms with E-state index in [1.165, 1.54) is 10.6 Å². The Morgan fingerprint density at radius 3 is 2.60 bits per heavy atom. The van der Waals surface area contributed by atoms with Crippen molar-refractivity contribution < 1.29 is 14.3 Å². The van der Waals surface area contributed by atoms with Gasteiger partial charge in [-0.05, 0) is 45.1 Å². The average Bonchev–Trinajstić information content (AvgIpc) is 2.72. The molecule has 0 aliphatic rings. The van der Waals surface area contributed by atoms with Crippen LogP contribution < -0.4 is 0 Å². The molecular formula is C16H17NO3. The van der Waals surface area contributed by atoms with Crippen molar-refractivity contribution >= 4 is 29.4 Å². The highest BCUT2D eigenvalue weighted by Crippen LogP contribution is 2.22. The molecule has 0 saturated heterocycles. The number of hydrogen-bond donors (Lipinski definition) is 0. The third kappa shape index (κ3) is 2.96. The maximum atomic E-state index is 12.3. The Labute approximate surface area is 117 Å². The van der Waals surface area contributed by atoms with Crippen molar-refractivity contribution in [3.8, 4) is 0 Å². The van der Waals surface area contributed by atoms with Crippen LogP contribution in [0.4, 0.5) is 4.79 Å². The van der Waals surface area contributed by atoms with Crippen LogP contribution in [0.2, 0.25) is 0 Å². The topological polar surface area (TPSA) is 48.3 Å². The monoisotopic (exact) mass is 271 g/mol. The van der Waals surface area contributed by atoms with E-state index >= 15 is 0 Å². The molecule has 1 aromatic carbocycles. The molecule has 0 aliphatic carbocycles. The Bertz CT molecular complexity index is 675. The van der Waals surface area contributed by atoms with Crippen molar-refractivity contribution in [2.45, 2.75) is 26.4 Å². The van der Waals surface area contributed by atoms with Crippen molar-refractivity contribution in [1.82, 2.24) is 4.57 Å². The number of rotatable bonds is 2. The molecule has 1 heterocycles. The first-order valence-electron chi connectivity index (χ1n) is 6.38. The molecule has 20 heavy (non-hydrogen) atoms. The largest absolute Gasteiger partial charge is 0.443 e. The van der Waals surface area contributed by atoms with Gasteiger partial charge in [0.2, 0.25) is 0 Å². The lowest BCUT2D eigenvalue weighted by atomic mass is 10.2. The van der Waals surface area contributed by atoms with Gasteiger partial charge in [-0.2, -0.15) is 0 Å². The summed E-state index contributed by atoms with van der Waals surface area (Å²) in [6, 6.07) is 9.36. The smallest absolute Gasteiger partial charge is 0.419 e. The fraction of sp³-hybridized carbons (Fsp3) is 0.250. The number of benzene rings is 1. The maximum Gasteiger partial charge on any atom is 0.419 e. The van der Waals surface area contributed by atoms with Gasteiger partial charge in [-0.3, -0.25) is 4.79 Å². The number of ether oxygens (including phenoxy) is 1. The Balaban J connectivity index is 2.56. The van der Waals surface area contributed by atoms with Gasteiger partial charge in [0.25, 0.3) is 0 Å². The summed E-state index contributed by atoms with van der Waals surface area (Å²) in [5.74, 6) is 0. The maximum absolute atomic E-state index is 12.3. The first-order chi connectivity index (χ1) is 9.42. The standard InChI is InChI=1S/C16H17NO3/c1-16(2,3)20-15(19)17-13(8-6-10-18)11-12-7-4-5-9-14(12)17/h4-11H,1-3H3/b8-6+. The number of carbonyl (C=O) groups is 2. The molecule has 2 rings (SSSR count). The molecule has 0 N–H and O–H groups in total. The minimum atomic E-state index is -0.575. The molecule has 104 valence electrons. The van der Waals surface area contributed by atoms with Gasteiger partial charge < -0.3 is 4.74 Å². The minimum absolute atomic E-state index is 0.454. The average molecular weight is 271 g/mol. The molecule has 0 amide bonds. The third-order valence-corrected chi connectivity index (χ3v) is 2.66. The van der Waals surface area contributed by atoms with E-state index in [0.29, 0.717) is 12.0 Å². The molecule has 1 aromatic heterocycles. The first kappa shape index (κ1) is 14.1. The number of carbonyl (C=O) groups excluding carboxylic acids is 2. The SMILES string of the molecule is CC(C)(C)OC(=O)n1c(/C=C/C=O)cc2ccccc21. The first-order valence-corrected chi connectivity index (χ1v) is 6.38. The predicted octanol–water partition coefficient (Wildman–Crippen LogP) is 3.64. The van der Waals surface area contributed by atoms with Gasteiger partial charge in [0, 0.05) is 5.39 Å². The highest BCUT2D eigenvalue weighted by molar-refractivity contribution is 5.93. The Morgan fingerprint density at radius 2 is 1.95 bits per heavy atom. The van der Waals surface area contributed by atoms with E-state index < -0.39 is 11.7 Å². The molecule has 0 atom stereocenters. The van der Waals surface area contributed by atoms with Crippen molar-refractivity contribution in [2.75, 3.05) is 0 Å². The number of nitrogens with zero attached hydrogens (tertiary/aromatic N) is 1. The van der Waals surface area contributed by atoms with E-state index in [1.807, 2.05) is 51.1 Å². The van der Waals surface area contributed by atoms with E-state index in [-0.39, 0.29) is 0 Å². The lowest BCUT2D eigenvalue weighted by Gasteiger charge is -2.20. The lowest BCUT2D eigenvalue weighted by Crippen LogP contribution is -2.27. The summed E-state index contributed by atoms with van der Waals surface area (Å²) >= 11 is 0. The summed E-state index contributed by atoms with van der Waals surface area (Å²) in [6.07, 6.45) is 3.17. The Kier molecular flexibility index (Phi) is 3.74.